The zero-order valence-corrected chi connectivity index (χ0v) is 5.81. The van der Waals surface area contributed by atoms with Crippen LogP contribution >= 0.6 is 0 Å². The first-order valence-electron chi connectivity index (χ1n) is 2.96. The highest BCUT2D eigenvalue weighted by molar-refractivity contribution is 5.98. The lowest BCUT2D eigenvalue weighted by atomic mass is 10.1. The lowest BCUT2D eigenvalue weighted by Gasteiger charge is -2.20. The van der Waals surface area contributed by atoms with Crippen LogP contribution in [0.15, 0.2) is 0 Å². The summed E-state index contributed by atoms with van der Waals surface area (Å²) in [5, 5.41) is 3.25. The maximum atomic E-state index is 4.96. The number of piperidine rings is 1. The van der Waals surface area contributed by atoms with Crippen LogP contribution in [-0.2, 0) is 4.43 Å². The van der Waals surface area contributed by atoms with Crippen molar-refractivity contribution in [3.8, 4) is 0 Å². The van der Waals surface area contributed by atoms with Crippen molar-refractivity contribution in [1.82, 2.24) is 5.32 Å². The molecule has 3 radical (unpaired) electrons. The fourth-order valence-electron chi connectivity index (χ4n) is 0.913. The van der Waals surface area contributed by atoms with Gasteiger partial charge in [-0.1, -0.05) is 0 Å². The van der Waals surface area contributed by atoms with Gasteiger partial charge in [0, 0.05) is 6.10 Å². The number of rotatable bonds is 1. The molecule has 1 aliphatic heterocycles. The first-order chi connectivity index (χ1) is 3.93. The lowest BCUT2D eigenvalue weighted by molar-refractivity contribution is 0.178. The maximum absolute atomic E-state index is 4.96. The van der Waals surface area contributed by atoms with Gasteiger partial charge in [0.2, 0.25) is 10.5 Å². The van der Waals surface area contributed by atoms with Gasteiger partial charge in [0.15, 0.2) is 0 Å². The second kappa shape index (κ2) is 3.22. The minimum absolute atomic E-state index is 0.438. The quantitative estimate of drug-likeness (QED) is 0.495. The molecule has 0 unspecified atom stereocenters. The van der Waals surface area contributed by atoms with Crippen LogP contribution in [0.3, 0.4) is 0 Å². The highest BCUT2D eigenvalue weighted by Gasteiger charge is 2.09. The fourth-order valence-corrected chi connectivity index (χ4v) is 1.15. The summed E-state index contributed by atoms with van der Waals surface area (Å²) in [7, 11) is 3.03. The van der Waals surface area contributed by atoms with Gasteiger partial charge in [-0.3, -0.25) is 0 Å². The van der Waals surface area contributed by atoms with Gasteiger partial charge in [-0.2, -0.15) is 0 Å². The van der Waals surface area contributed by atoms with E-state index in [2.05, 4.69) is 15.8 Å². The Balaban J connectivity index is 2.13. The van der Waals surface area contributed by atoms with Crippen molar-refractivity contribution in [3.63, 3.8) is 0 Å². The Bertz CT molecular complexity index is 63.4. The van der Waals surface area contributed by atoms with E-state index >= 15 is 0 Å². The zero-order valence-electron chi connectivity index (χ0n) is 4.81. The van der Waals surface area contributed by atoms with E-state index in [-0.39, 0.29) is 0 Å². The van der Waals surface area contributed by atoms with Crippen LogP contribution in [0.4, 0.5) is 0 Å². The van der Waals surface area contributed by atoms with Crippen molar-refractivity contribution in [2.24, 2.45) is 0 Å². The predicted octanol–water partition coefficient (Wildman–Crippen LogP) is -0.162. The summed E-state index contributed by atoms with van der Waals surface area (Å²) in [6, 6.07) is 0. The molecule has 2 nitrogen and oxygen atoms in total. The summed E-state index contributed by atoms with van der Waals surface area (Å²) in [6.45, 7) is 2.18. The molecule has 0 atom stereocenters. The molecule has 0 saturated carbocycles. The molecule has 1 aliphatic rings. The van der Waals surface area contributed by atoms with Crippen LogP contribution in [0.2, 0.25) is 0 Å². The highest BCUT2D eigenvalue weighted by atomic mass is 28.2. The van der Waals surface area contributed by atoms with E-state index in [0.29, 0.717) is 6.10 Å². The van der Waals surface area contributed by atoms with Crippen LogP contribution in [-0.4, -0.2) is 29.7 Å². The summed E-state index contributed by atoms with van der Waals surface area (Å²) < 4.78 is 4.96. The third-order valence-corrected chi connectivity index (χ3v) is 1.79. The molecule has 0 bridgehead atoms. The normalized spacial score (nSPS) is 23.6. The topological polar surface area (TPSA) is 21.3 Å². The smallest absolute Gasteiger partial charge is 0.246 e. The molecule has 8 heavy (non-hydrogen) atoms. The Morgan fingerprint density at radius 2 is 2.00 bits per heavy atom. The number of hydrogen-bond donors (Lipinski definition) is 1. The van der Waals surface area contributed by atoms with Gasteiger partial charge in [-0.25, -0.2) is 0 Å². The maximum Gasteiger partial charge on any atom is 0.246 e. The molecule has 0 amide bonds. The Labute approximate surface area is 53.2 Å². The highest BCUT2D eigenvalue weighted by Crippen LogP contribution is 2.03. The van der Waals surface area contributed by atoms with Crippen LogP contribution in [0.5, 0.6) is 0 Å². The monoisotopic (exact) mass is 128 g/mol. The van der Waals surface area contributed by atoms with Crippen LogP contribution in [0.1, 0.15) is 12.8 Å². The summed E-state index contributed by atoms with van der Waals surface area (Å²) in [4.78, 5) is 0. The van der Waals surface area contributed by atoms with Crippen LogP contribution < -0.4 is 5.32 Å². The van der Waals surface area contributed by atoms with Gasteiger partial charge in [0.05, 0.1) is 0 Å². The van der Waals surface area contributed by atoms with E-state index < -0.39 is 0 Å². The van der Waals surface area contributed by atoms with Crippen molar-refractivity contribution in [2.75, 3.05) is 13.1 Å². The zero-order chi connectivity index (χ0) is 5.82. The third kappa shape index (κ3) is 1.58. The van der Waals surface area contributed by atoms with E-state index in [1.807, 2.05) is 0 Å². The third-order valence-electron chi connectivity index (χ3n) is 1.45. The van der Waals surface area contributed by atoms with Crippen LogP contribution in [0.25, 0.3) is 0 Å². The van der Waals surface area contributed by atoms with Gasteiger partial charge < -0.3 is 9.74 Å². The van der Waals surface area contributed by atoms with E-state index in [0.717, 1.165) is 25.9 Å². The van der Waals surface area contributed by atoms with E-state index in [9.17, 15) is 0 Å². The largest absolute Gasteiger partial charge is 0.416 e. The Hall–Kier alpha value is 0.137. The molecule has 0 aromatic carbocycles. The Kier molecular flexibility index (Phi) is 2.52. The molecule has 1 fully saturated rings. The van der Waals surface area contributed by atoms with E-state index in [1.54, 1.807) is 0 Å². The molecule has 1 rings (SSSR count). The SMILES string of the molecule is [Si]OC1CCNCC1. The molecule has 1 saturated heterocycles. The standard InChI is InChI=1S/C5H10NOSi/c8-7-5-1-3-6-4-2-5/h5-6H,1-4H2. The average Bonchev–Trinajstić information content (AvgIpc) is 1.90. The van der Waals surface area contributed by atoms with Crippen molar-refractivity contribution in [3.05, 3.63) is 0 Å². The van der Waals surface area contributed by atoms with Crippen molar-refractivity contribution in [1.29, 1.82) is 0 Å². The van der Waals surface area contributed by atoms with Crippen molar-refractivity contribution < 1.29 is 4.43 Å². The molecule has 0 aromatic heterocycles. The second-order valence-corrected chi connectivity index (χ2v) is 2.30. The summed E-state index contributed by atoms with van der Waals surface area (Å²) in [5.41, 5.74) is 0. The molecule has 0 aliphatic carbocycles. The molecular weight excluding hydrogens is 118 g/mol. The molecule has 0 aromatic rings. The average molecular weight is 128 g/mol. The Morgan fingerprint density at radius 1 is 1.38 bits per heavy atom. The summed E-state index contributed by atoms with van der Waals surface area (Å²) >= 11 is 0. The molecule has 1 heterocycles. The fraction of sp³-hybridized carbons (Fsp3) is 1.00. The second-order valence-electron chi connectivity index (χ2n) is 2.07. The van der Waals surface area contributed by atoms with Gasteiger partial charge in [-0.05, 0) is 25.9 Å². The number of nitrogens with one attached hydrogen (secondary N) is 1. The minimum atomic E-state index is 0.438. The summed E-state index contributed by atoms with van der Waals surface area (Å²) in [6.07, 6.45) is 2.69. The van der Waals surface area contributed by atoms with E-state index in [1.165, 1.54) is 0 Å². The van der Waals surface area contributed by atoms with Crippen molar-refractivity contribution in [2.45, 2.75) is 18.9 Å². The van der Waals surface area contributed by atoms with Gasteiger partial charge in [-0.15, -0.1) is 0 Å². The first-order valence-corrected chi connectivity index (χ1v) is 3.37. The Morgan fingerprint density at radius 3 is 2.38 bits per heavy atom. The van der Waals surface area contributed by atoms with Crippen LogP contribution in [0, 0.1) is 0 Å². The lowest BCUT2D eigenvalue weighted by Crippen LogP contribution is -2.31. The van der Waals surface area contributed by atoms with Gasteiger partial charge in [0.1, 0.15) is 0 Å². The number of hydrogen-bond acceptors (Lipinski definition) is 2. The summed E-state index contributed by atoms with van der Waals surface area (Å²) in [5.74, 6) is 0. The minimum Gasteiger partial charge on any atom is -0.416 e. The molecule has 0 spiro atoms. The van der Waals surface area contributed by atoms with Gasteiger partial charge in [0.25, 0.3) is 0 Å². The van der Waals surface area contributed by atoms with E-state index in [4.69, 9.17) is 4.43 Å². The predicted molar refractivity (Wildman–Crippen MR) is 32.7 cm³/mol. The molecule has 45 valence electrons. The van der Waals surface area contributed by atoms with Crippen molar-refractivity contribution >= 4 is 10.5 Å². The van der Waals surface area contributed by atoms with Gasteiger partial charge >= 0.3 is 0 Å². The first kappa shape index (κ1) is 6.26. The molecule has 3 heteroatoms. The molecule has 1 N–H and O–H groups in total. The molecular formula is C5H10NOSi.